The van der Waals surface area contributed by atoms with Crippen molar-refractivity contribution < 1.29 is 0 Å². The van der Waals surface area contributed by atoms with Gasteiger partial charge in [-0.1, -0.05) is 29.8 Å². The normalized spacial score (nSPS) is 10.9. The Morgan fingerprint density at radius 1 is 1.29 bits per heavy atom. The molecule has 3 nitrogen and oxygen atoms in total. The summed E-state index contributed by atoms with van der Waals surface area (Å²) in [6, 6.07) is 9.32. The molecule has 1 heterocycles. The number of nitrogens with one attached hydrogen (secondary N) is 1. The van der Waals surface area contributed by atoms with Crippen LogP contribution in [0.5, 0.6) is 0 Å². The molecule has 1 aromatic carbocycles. The Morgan fingerprint density at radius 2 is 2.14 bits per heavy atom. The third kappa shape index (κ3) is 2.00. The van der Waals surface area contributed by atoms with E-state index < -0.39 is 0 Å². The van der Waals surface area contributed by atoms with Gasteiger partial charge in [-0.3, -0.25) is 5.10 Å². The van der Waals surface area contributed by atoms with Crippen molar-refractivity contribution in [3.63, 3.8) is 0 Å². The average molecular weight is 206 g/mol. The lowest BCUT2D eigenvalue weighted by atomic mass is 10.2. The first-order valence-corrected chi connectivity index (χ1v) is 4.52. The minimum atomic E-state index is 0.691. The number of rotatable bonds is 2. The SMILES string of the molecule is Clc1ccccc1C=Nc1ccn[nH]1. The van der Waals surface area contributed by atoms with Crippen LogP contribution in [-0.4, -0.2) is 16.4 Å². The predicted octanol–water partition coefficient (Wildman–Crippen LogP) is 2.81. The zero-order chi connectivity index (χ0) is 9.80. The molecular formula is C10H8ClN3. The van der Waals surface area contributed by atoms with Gasteiger partial charge in [-0.2, -0.15) is 5.10 Å². The number of halogens is 1. The largest absolute Gasteiger partial charge is 0.261 e. The Hall–Kier alpha value is -1.61. The molecule has 14 heavy (non-hydrogen) atoms. The lowest BCUT2D eigenvalue weighted by Crippen LogP contribution is -1.81. The van der Waals surface area contributed by atoms with Crippen LogP contribution in [0.1, 0.15) is 5.56 Å². The second-order valence-corrected chi connectivity index (χ2v) is 3.13. The highest BCUT2D eigenvalue weighted by molar-refractivity contribution is 6.33. The topological polar surface area (TPSA) is 41.0 Å². The molecule has 0 bridgehead atoms. The summed E-state index contributed by atoms with van der Waals surface area (Å²) in [5, 5.41) is 7.21. The summed E-state index contributed by atoms with van der Waals surface area (Å²) in [4.78, 5) is 4.17. The van der Waals surface area contributed by atoms with Crippen molar-refractivity contribution in [1.82, 2.24) is 10.2 Å². The Kier molecular flexibility index (Phi) is 2.60. The molecule has 2 aromatic rings. The van der Waals surface area contributed by atoms with E-state index in [4.69, 9.17) is 11.6 Å². The van der Waals surface area contributed by atoms with Crippen LogP contribution < -0.4 is 0 Å². The highest BCUT2D eigenvalue weighted by Gasteiger charge is 1.94. The van der Waals surface area contributed by atoms with Crippen LogP contribution in [0.4, 0.5) is 5.82 Å². The molecule has 0 saturated carbocycles. The van der Waals surface area contributed by atoms with Crippen molar-refractivity contribution in [2.75, 3.05) is 0 Å². The smallest absolute Gasteiger partial charge is 0.147 e. The molecule has 70 valence electrons. The lowest BCUT2D eigenvalue weighted by molar-refractivity contribution is 1.08. The molecule has 0 aliphatic heterocycles. The second-order valence-electron chi connectivity index (χ2n) is 2.72. The summed E-state index contributed by atoms with van der Waals surface area (Å²) < 4.78 is 0. The van der Waals surface area contributed by atoms with E-state index >= 15 is 0 Å². The van der Waals surface area contributed by atoms with E-state index in [0.29, 0.717) is 10.8 Å². The van der Waals surface area contributed by atoms with E-state index in [2.05, 4.69) is 15.2 Å². The van der Waals surface area contributed by atoms with E-state index in [-0.39, 0.29) is 0 Å². The molecule has 4 heteroatoms. The summed E-state index contributed by atoms with van der Waals surface area (Å²) in [6.45, 7) is 0. The number of nitrogens with zero attached hydrogens (tertiary/aromatic N) is 2. The van der Waals surface area contributed by atoms with Crippen LogP contribution in [0.3, 0.4) is 0 Å². The first kappa shape index (κ1) is 8.97. The zero-order valence-corrected chi connectivity index (χ0v) is 8.07. The molecule has 1 aromatic heterocycles. The van der Waals surface area contributed by atoms with E-state index in [1.807, 2.05) is 24.3 Å². The molecule has 1 N–H and O–H groups in total. The zero-order valence-electron chi connectivity index (χ0n) is 7.31. The Balaban J connectivity index is 2.23. The average Bonchev–Trinajstić information content (AvgIpc) is 2.69. The van der Waals surface area contributed by atoms with E-state index in [1.54, 1.807) is 18.5 Å². The molecule has 0 amide bonds. The fourth-order valence-corrected chi connectivity index (χ4v) is 1.22. The molecular weight excluding hydrogens is 198 g/mol. The molecule has 0 saturated heterocycles. The summed E-state index contributed by atoms with van der Waals surface area (Å²) in [5.74, 6) is 0.713. The highest BCUT2D eigenvalue weighted by atomic mass is 35.5. The van der Waals surface area contributed by atoms with Gasteiger partial charge in [0.1, 0.15) is 5.82 Å². The van der Waals surface area contributed by atoms with Gasteiger partial charge in [0.2, 0.25) is 0 Å². The summed E-state index contributed by atoms with van der Waals surface area (Å²) >= 11 is 5.95. The summed E-state index contributed by atoms with van der Waals surface area (Å²) in [5.41, 5.74) is 0.892. The van der Waals surface area contributed by atoms with Crippen LogP contribution in [-0.2, 0) is 0 Å². The van der Waals surface area contributed by atoms with Crippen molar-refractivity contribution >= 4 is 23.6 Å². The second kappa shape index (κ2) is 4.07. The molecule has 0 fully saturated rings. The van der Waals surface area contributed by atoms with Crippen LogP contribution in [0, 0.1) is 0 Å². The number of H-pyrrole nitrogens is 1. The number of aliphatic imine (C=N–C) groups is 1. The Labute approximate surface area is 86.4 Å². The minimum Gasteiger partial charge on any atom is -0.261 e. The molecule has 0 radical (unpaired) electrons. The molecule has 0 aliphatic rings. The molecule has 0 aliphatic carbocycles. The van der Waals surface area contributed by atoms with Crippen LogP contribution in [0.25, 0.3) is 0 Å². The third-order valence-electron chi connectivity index (χ3n) is 1.73. The summed E-state index contributed by atoms with van der Waals surface area (Å²) in [7, 11) is 0. The van der Waals surface area contributed by atoms with Crippen molar-refractivity contribution in [1.29, 1.82) is 0 Å². The monoisotopic (exact) mass is 205 g/mol. The van der Waals surface area contributed by atoms with Gasteiger partial charge in [-0.05, 0) is 6.07 Å². The van der Waals surface area contributed by atoms with Crippen LogP contribution >= 0.6 is 11.6 Å². The summed E-state index contributed by atoms with van der Waals surface area (Å²) in [6.07, 6.45) is 3.36. The maximum Gasteiger partial charge on any atom is 0.147 e. The van der Waals surface area contributed by atoms with Gasteiger partial charge in [0.05, 0.1) is 6.20 Å². The third-order valence-corrected chi connectivity index (χ3v) is 2.08. The number of hydrogen-bond acceptors (Lipinski definition) is 2. The number of benzene rings is 1. The molecule has 2 rings (SSSR count). The number of hydrogen-bond donors (Lipinski definition) is 1. The first-order chi connectivity index (χ1) is 6.86. The number of aromatic amines is 1. The van der Waals surface area contributed by atoms with Gasteiger partial charge in [0.15, 0.2) is 0 Å². The van der Waals surface area contributed by atoms with Gasteiger partial charge < -0.3 is 0 Å². The van der Waals surface area contributed by atoms with E-state index in [1.165, 1.54) is 0 Å². The van der Waals surface area contributed by atoms with Crippen molar-refractivity contribution in [2.24, 2.45) is 4.99 Å². The van der Waals surface area contributed by atoms with Crippen molar-refractivity contribution in [2.45, 2.75) is 0 Å². The maximum absolute atomic E-state index is 5.95. The molecule has 0 atom stereocenters. The highest BCUT2D eigenvalue weighted by Crippen LogP contribution is 2.13. The quantitative estimate of drug-likeness (QED) is 0.753. The standard InChI is InChI=1S/C10H8ClN3/c11-9-4-2-1-3-8(9)7-12-10-5-6-13-14-10/h1-7H,(H,13,14). The Bertz CT molecular complexity index is 434. The predicted molar refractivity (Wildman–Crippen MR) is 57.3 cm³/mol. The van der Waals surface area contributed by atoms with Crippen molar-refractivity contribution in [3.05, 3.63) is 47.1 Å². The Morgan fingerprint density at radius 3 is 2.86 bits per heavy atom. The molecule has 0 unspecified atom stereocenters. The fourth-order valence-electron chi connectivity index (χ4n) is 1.04. The van der Waals surface area contributed by atoms with Gasteiger partial charge in [0.25, 0.3) is 0 Å². The molecule has 0 spiro atoms. The maximum atomic E-state index is 5.95. The fraction of sp³-hybridized carbons (Fsp3) is 0. The van der Waals surface area contributed by atoms with Gasteiger partial charge >= 0.3 is 0 Å². The van der Waals surface area contributed by atoms with Gasteiger partial charge in [-0.25, -0.2) is 4.99 Å². The van der Waals surface area contributed by atoms with Gasteiger partial charge in [-0.15, -0.1) is 0 Å². The van der Waals surface area contributed by atoms with Crippen molar-refractivity contribution in [3.8, 4) is 0 Å². The van der Waals surface area contributed by atoms with Gasteiger partial charge in [0, 0.05) is 22.9 Å². The number of aromatic nitrogens is 2. The minimum absolute atomic E-state index is 0.691. The first-order valence-electron chi connectivity index (χ1n) is 4.14. The lowest BCUT2D eigenvalue weighted by Gasteiger charge is -1.94. The van der Waals surface area contributed by atoms with E-state index in [9.17, 15) is 0 Å². The van der Waals surface area contributed by atoms with Crippen LogP contribution in [0.15, 0.2) is 41.5 Å². The van der Waals surface area contributed by atoms with E-state index in [0.717, 1.165) is 5.56 Å². The van der Waals surface area contributed by atoms with Crippen LogP contribution in [0.2, 0.25) is 5.02 Å².